The van der Waals surface area contributed by atoms with Crippen LogP contribution >= 0.6 is 0 Å². The summed E-state index contributed by atoms with van der Waals surface area (Å²) < 4.78 is 0. The summed E-state index contributed by atoms with van der Waals surface area (Å²) in [5.74, 6) is 0. The molecule has 0 heteroatoms. The number of hydrogen-bond donors (Lipinski definition) is 0. The molecule has 0 N–H and O–H groups in total. The first-order chi connectivity index (χ1) is 19.5. The number of fused-ring (bicyclic) bond motifs is 3. The Morgan fingerprint density at radius 1 is 0.900 bits per heavy atom. The maximum absolute atomic E-state index is 4.00. The molecule has 2 aromatic carbocycles. The van der Waals surface area contributed by atoms with Crippen LogP contribution in [-0.4, -0.2) is 0 Å². The van der Waals surface area contributed by atoms with Crippen molar-refractivity contribution in [2.45, 2.75) is 65.7 Å². The van der Waals surface area contributed by atoms with Crippen LogP contribution in [0.4, 0.5) is 0 Å². The lowest BCUT2D eigenvalue weighted by Crippen LogP contribution is -2.29. The van der Waals surface area contributed by atoms with Crippen LogP contribution in [0.1, 0.15) is 77.0 Å². The van der Waals surface area contributed by atoms with E-state index in [0.29, 0.717) is 0 Å². The molecule has 2 aromatic rings. The highest BCUT2D eigenvalue weighted by atomic mass is 14.5. The van der Waals surface area contributed by atoms with Crippen molar-refractivity contribution >= 4 is 5.57 Å². The molecule has 0 nitrogen and oxygen atoms in total. The number of benzene rings is 2. The molecule has 0 heterocycles. The van der Waals surface area contributed by atoms with E-state index < -0.39 is 0 Å². The van der Waals surface area contributed by atoms with E-state index >= 15 is 0 Å². The van der Waals surface area contributed by atoms with Gasteiger partial charge in [0.2, 0.25) is 0 Å². The molecule has 0 bridgehead atoms. The van der Waals surface area contributed by atoms with Crippen LogP contribution in [0.3, 0.4) is 0 Å². The van der Waals surface area contributed by atoms with Gasteiger partial charge in [0.1, 0.15) is 0 Å². The van der Waals surface area contributed by atoms with Crippen molar-refractivity contribution in [3.05, 3.63) is 160 Å². The maximum Gasteiger partial charge on any atom is 0.0707 e. The Labute approximate surface area is 241 Å². The smallest absolute Gasteiger partial charge is 0.0707 e. The summed E-state index contributed by atoms with van der Waals surface area (Å²) in [6.07, 6.45) is 27.0. The minimum atomic E-state index is -0.382. The molecular formula is C40H42. The molecule has 0 spiro atoms. The Kier molecular flexibility index (Phi) is 8.08. The second-order valence-corrected chi connectivity index (χ2v) is 11.1. The van der Waals surface area contributed by atoms with Crippen LogP contribution < -0.4 is 0 Å². The second-order valence-electron chi connectivity index (χ2n) is 11.1. The van der Waals surface area contributed by atoms with E-state index in [1.807, 2.05) is 6.08 Å². The van der Waals surface area contributed by atoms with Crippen LogP contribution in [0, 0.1) is 0 Å². The Morgan fingerprint density at radius 2 is 1.70 bits per heavy atom. The largest absolute Gasteiger partial charge is 0.0991 e. The summed E-state index contributed by atoms with van der Waals surface area (Å²) >= 11 is 0. The van der Waals surface area contributed by atoms with Gasteiger partial charge in [-0.15, -0.1) is 0 Å². The first-order valence-corrected chi connectivity index (χ1v) is 14.8. The first kappa shape index (κ1) is 27.7. The van der Waals surface area contributed by atoms with Gasteiger partial charge in [0.15, 0.2) is 0 Å². The molecule has 0 radical (unpaired) electrons. The van der Waals surface area contributed by atoms with Crippen LogP contribution in [0.2, 0.25) is 0 Å². The van der Waals surface area contributed by atoms with Crippen molar-refractivity contribution in [2.24, 2.45) is 0 Å². The predicted molar refractivity (Wildman–Crippen MR) is 175 cm³/mol. The van der Waals surface area contributed by atoms with Gasteiger partial charge in [-0.05, 0) is 116 Å². The van der Waals surface area contributed by atoms with Crippen LogP contribution in [0.15, 0.2) is 143 Å². The average molecular weight is 523 g/mol. The van der Waals surface area contributed by atoms with Crippen molar-refractivity contribution in [1.29, 1.82) is 0 Å². The Hall–Kier alpha value is -3.90. The second kappa shape index (κ2) is 11.7. The lowest BCUT2D eigenvalue weighted by atomic mass is 9.66. The number of allylic oxidation sites excluding steroid dienone is 17. The third-order valence-electron chi connectivity index (χ3n) is 8.76. The molecular weight excluding hydrogens is 480 g/mol. The van der Waals surface area contributed by atoms with Crippen LogP contribution in [0.5, 0.6) is 0 Å². The number of hydrogen-bond acceptors (Lipinski definition) is 0. The van der Waals surface area contributed by atoms with Crippen LogP contribution in [0.25, 0.3) is 16.7 Å². The number of rotatable bonds is 7. The molecule has 0 saturated carbocycles. The highest BCUT2D eigenvalue weighted by Crippen LogP contribution is 2.59. The summed E-state index contributed by atoms with van der Waals surface area (Å²) in [6.45, 7) is 15.1. The summed E-state index contributed by atoms with van der Waals surface area (Å²) in [4.78, 5) is 0. The molecule has 1 unspecified atom stereocenters. The molecule has 0 amide bonds. The van der Waals surface area contributed by atoms with E-state index in [0.717, 1.165) is 19.3 Å². The van der Waals surface area contributed by atoms with Gasteiger partial charge in [0, 0.05) is 0 Å². The van der Waals surface area contributed by atoms with Gasteiger partial charge in [0.25, 0.3) is 0 Å². The fraction of sp³-hybridized carbons (Fsp3) is 0.250. The van der Waals surface area contributed by atoms with Gasteiger partial charge < -0.3 is 0 Å². The standard InChI is InChI=1S/C40H42/c1-7-11-20-30(9-3)40(31-21-14-12-13-15-22-31)36-25-17-16-23-35(36)39-34(24-18-26-37(39)40)32(10-4)38-29(6)27-28(5)33(38)19-8-2/h7-11,14,16-26H,1,12-13,15,27H2,2-6H3/b19-8-,20-11-,30-9+,32-10-. The lowest BCUT2D eigenvalue weighted by molar-refractivity contribution is 0.756. The van der Waals surface area contributed by atoms with Crippen molar-refractivity contribution in [1.82, 2.24) is 0 Å². The Bertz CT molecular complexity index is 1580. The van der Waals surface area contributed by atoms with Gasteiger partial charge in [-0.25, -0.2) is 0 Å². The van der Waals surface area contributed by atoms with E-state index in [1.54, 1.807) is 0 Å². The van der Waals surface area contributed by atoms with Crippen molar-refractivity contribution in [2.75, 3.05) is 0 Å². The van der Waals surface area contributed by atoms with E-state index in [9.17, 15) is 0 Å². The molecule has 3 aliphatic carbocycles. The highest BCUT2D eigenvalue weighted by Gasteiger charge is 2.48. The van der Waals surface area contributed by atoms with Crippen LogP contribution in [-0.2, 0) is 5.41 Å². The van der Waals surface area contributed by atoms with Gasteiger partial charge in [-0.2, -0.15) is 0 Å². The van der Waals surface area contributed by atoms with E-state index in [2.05, 4.69) is 138 Å². The maximum atomic E-state index is 4.00. The molecule has 0 aliphatic heterocycles. The molecule has 0 fully saturated rings. The van der Waals surface area contributed by atoms with Gasteiger partial charge in [-0.3, -0.25) is 0 Å². The minimum Gasteiger partial charge on any atom is -0.0991 e. The summed E-state index contributed by atoms with van der Waals surface area (Å²) in [5.41, 5.74) is 16.0. The topological polar surface area (TPSA) is 0 Å². The SMILES string of the molecule is C=C/C=C\C(=C/C)C1(C2=CCCCC=C2)c2ccccc2-c2c(/C(=C/C)C3=C(C)CC(C)=C3/C=C\C)cccc21. The highest BCUT2D eigenvalue weighted by molar-refractivity contribution is 5.99. The zero-order valence-electron chi connectivity index (χ0n) is 24.9. The van der Waals surface area contributed by atoms with Gasteiger partial charge in [0.05, 0.1) is 5.41 Å². The molecule has 40 heavy (non-hydrogen) atoms. The Morgan fingerprint density at radius 3 is 2.45 bits per heavy atom. The fourth-order valence-electron chi connectivity index (χ4n) is 7.23. The fourth-order valence-corrected chi connectivity index (χ4v) is 7.23. The van der Waals surface area contributed by atoms with Crippen molar-refractivity contribution in [3.8, 4) is 11.1 Å². The molecule has 5 rings (SSSR count). The average Bonchev–Trinajstić information content (AvgIpc) is 3.24. The molecule has 0 saturated heterocycles. The normalized spacial score (nSPS) is 21.4. The monoisotopic (exact) mass is 522 g/mol. The quantitative estimate of drug-likeness (QED) is 0.317. The van der Waals surface area contributed by atoms with E-state index in [1.165, 1.54) is 73.2 Å². The predicted octanol–water partition coefficient (Wildman–Crippen LogP) is 11.3. The van der Waals surface area contributed by atoms with Crippen molar-refractivity contribution < 1.29 is 0 Å². The van der Waals surface area contributed by atoms with E-state index in [4.69, 9.17) is 0 Å². The van der Waals surface area contributed by atoms with Gasteiger partial charge in [-0.1, -0.05) is 121 Å². The zero-order valence-corrected chi connectivity index (χ0v) is 24.9. The Balaban J connectivity index is 1.88. The van der Waals surface area contributed by atoms with E-state index in [-0.39, 0.29) is 5.41 Å². The lowest BCUT2D eigenvalue weighted by Gasteiger charge is -2.36. The molecule has 0 aromatic heterocycles. The minimum absolute atomic E-state index is 0.382. The third-order valence-corrected chi connectivity index (χ3v) is 8.76. The van der Waals surface area contributed by atoms with Crippen molar-refractivity contribution in [3.63, 3.8) is 0 Å². The summed E-state index contributed by atoms with van der Waals surface area (Å²) in [6, 6.07) is 16.1. The molecule has 3 aliphatic rings. The molecule has 202 valence electrons. The zero-order chi connectivity index (χ0) is 28.3. The summed E-state index contributed by atoms with van der Waals surface area (Å²) in [7, 11) is 0. The van der Waals surface area contributed by atoms with Gasteiger partial charge >= 0.3 is 0 Å². The first-order valence-electron chi connectivity index (χ1n) is 14.8. The molecule has 1 atom stereocenters. The third kappa shape index (κ3) is 4.31. The summed E-state index contributed by atoms with van der Waals surface area (Å²) in [5, 5.41) is 0.